The van der Waals surface area contributed by atoms with E-state index in [0.29, 0.717) is 17.6 Å². The van der Waals surface area contributed by atoms with Crippen LogP contribution in [0.2, 0.25) is 0 Å². The lowest BCUT2D eigenvalue weighted by molar-refractivity contribution is -0.192. The van der Waals surface area contributed by atoms with Crippen LogP contribution >= 0.6 is 0 Å². The van der Waals surface area contributed by atoms with E-state index < -0.39 is 12.1 Å². The van der Waals surface area contributed by atoms with Crippen LogP contribution in [0.3, 0.4) is 0 Å². The molecule has 31 heavy (non-hydrogen) atoms. The van der Waals surface area contributed by atoms with Gasteiger partial charge in [0.25, 0.3) is 5.91 Å². The van der Waals surface area contributed by atoms with Crippen LogP contribution in [0.15, 0.2) is 24.3 Å². The van der Waals surface area contributed by atoms with Gasteiger partial charge in [-0.1, -0.05) is 0 Å². The summed E-state index contributed by atoms with van der Waals surface area (Å²) in [6.07, 6.45) is -0.653. The topological polar surface area (TPSA) is 70.1 Å². The number of fused-ring (bicyclic) bond motifs is 1. The third-order valence-electron chi connectivity index (χ3n) is 6.12. The van der Waals surface area contributed by atoms with E-state index in [-0.39, 0.29) is 11.7 Å². The zero-order chi connectivity index (χ0) is 22.6. The molecular weight excluding hydrogens is 420 g/mol. The monoisotopic (exact) mass is 446 g/mol. The molecule has 3 saturated heterocycles. The molecule has 1 N–H and O–H groups in total. The number of amides is 1. The van der Waals surface area contributed by atoms with Crippen molar-refractivity contribution in [3.8, 4) is 0 Å². The zero-order valence-corrected chi connectivity index (χ0v) is 17.0. The minimum absolute atomic E-state index is 0.0513. The molecule has 10 heteroatoms. The van der Waals surface area contributed by atoms with Gasteiger partial charge in [0.1, 0.15) is 5.82 Å². The molecule has 6 nitrogen and oxygen atoms in total. The zero-order valence-electron chi connectivity index (χ0n) is 17.0. The first-order valence-corrected chi connectivity index (χ1v) is 10.3. The van der Waals surface area contributed by atoms with E-state index >= 15 is 0 Å². The van der Waals surface area contributed by atoms with Gasteiger partial charge in [-0.15, -0.1) is 0 Å². The molecule has 0 bridgehead atoms. The summed E-state index contributed by atoms with van der Waals surface area (Å²) in [6.45, 7) is 4.82. The van der Waals surface area contributed by atoms with Gasteiger partial charge in [-0.25, -0.2) is 9.18 Å². The quantitative estimate of drug-likeness (QED) is 0.723. The number of aliphatic carboxylic acids is 1. The van der Waals surface area contributed by atoms with E-state index in [0.717, 1.165) is 64.4 Å². The Labute approximate surface area is 177 Å². The molecule has 0 aromatic heterocycles. The number of hydrogen-bond donors (Lipinski definition) is 1. The molecule has 4 rings (SSSR count). The van der Waals surface area contributed by atoms with Gasteiger partial charge in [-0.3, -0.25) is 9.69 Å². The summed E-state index contributed by atoms with van der Waals surface area (Å²) in [5, 5.41) is 7.12. The number of likely N-dealkylation sites (tertiary alicyclic amines) is 2. The van der Waals surface area contributed by atoms with Gasteiger partial charge in [-0.05, 0) is 55.9 Å². The minimum atomic E-state index is -5.08. The average molecular weight is 446 g/mol. The smallest absolute Gasteiger partial charge is 0.475 e. The molecule has 1 amide bonds. The van der Waals surface area contributed by atoms with E-state index in [1.165, 1.54) is 12.1 Å². The molecule has 1 aromatic carbocycles. The Morgan fingerprint density at radius 2 is 1.58 bits per heavy atom. The lowest BCUT2D eigenvalue weighted by Crippen LogP contribution is -2.41. The summed E-state index contributed by atoms with van der Waals surface area (Å²) in [4.78, 5) is 26.3. The van der Waals surface area contributed by atoms with Gasteiger partial charge >= 0.3 is 12.1 Å². The summed E-state index contributed by atoms with van der Waals surface area (Å²) in [5.41, 5.74) is 0.597. The molecule has 3 fully saturated rings. The van der Waals surface area contributed by atoms with E-state index in [1.807, 2.05) is 4.90 Å². The largest absolute Gasteiger partial charge is 0.490 e. The van der Waals surface area contributed by atoms with Gasteiger partial charge in [0.2, 0.25) is 0 Å². The summed E-state index contributed by atoms with van der Waals surface area (Å²) in [5.74, 6) is -2.27. The molecule has 3 aliphatic rings. The highest BCUT2D eigenvalue weighted by atomic mass is 19.4. The molecule has 0 aliphatic carbocycles. The molecule has 2 atom stereocenters. The number of carboxylic acid groups (broad SMARTS) is 1. The molecule has 172 valence electrons. The van der Waals surface area contributed by atoms with Gasteiger partial charge in [0.15, 0.2) is 0 Å². The summed E-state index contributed by atoms with van der Waals surface area (Å²) >= 11 is 0. The van der Waals surface area contributed by atoms with E-state index in [9.17, 15) is 22.4 Å². The van der Waals surface area contributed by atoms with Gasteiger partial charge < -0.3 is 14.7 Å². The SMILES string of the molecule is O=C(O)C(F)(F)F.O=C(c1ccc(F)cc1)N1CC[C@H]2[C@H]1CCN2CC1CCOCC1. The van der Waals surface area contributed by atoms with E-state index in [2.05, 4.69) is 4.90 Å². The number of ether oxygens (including phenoxy) is 1. The van der Waals surface area contributed by atoms with Crippen molar-refractivity contribution in [2.45, 2.75) is 43.9 Å². The second-order valence-electron chi connectivity index (χ2n) is 8.07. The molecule has 0 spiro atoms. The molecule has 1 aromatic rings. The predicted octanol–water partition coefficient (Wildman–Crippen LogP) is 3.17. The number of nitrogens with zero attached hydrogens (tertiary/aromatic N) is 2. The molecule has 0 radical (unpaired) electrons. The van der Waals surface area contributed by atoms with Crippen LogP contribution in [-0.4, -0.2) is 77.9 Å². The standard InChI is InChI=1S/C19H25FN2O2.C2HF3O2/c20-16-3-1-15(2-4-16)19(23)22-10-6-17-18(22)5-9-21(17)13-14-7-11-24-12-8-14;3-2(4,5)1(6)7/h1-4,14,17-18H,5-13H2;(H,6,7)/t17-,18+;/m0./s1. The lowest BCUT2D eigenvalue weighted by atomic mass is 9.99. The van der Waals surface area contributed by atoms with Crippen molar-refractivity contribution in [3.63, 3.8) is 0 Å². The van der Waals surface area contributed by atoms with Crippen LogP contribution in [-0.2, 0) is 9.53 Å². The Balaban J connectivity index is 0.000000339. The van der Waals surface area contributed by atoms with Crippen LogP contribution in [0.5, 0.6) is 0 Å². The van der Waals surface area contributed by atoms with E-state index in [1.54, 1.807) is 12.1 Å². The third-order valence-corrected chi connectivity index (χ3v) is 6.12. The number of carboxylic acids is 1. The number of carbonyl (C=O) groups excluding carboxylic acids is 1. The van der Waals surface area contributed by atoms with Crippen molar-refractivity contribution in [1.29, 1.82) is 0 Å². The van der Waals surface area contributed by atoms with Crippen LogP contribution < -0.4 is 0 Å². The normalized spacial score (nSPS) is 24.5. The summed E-state index contributed by atoms with van der Waals surface area (Å²) in [6, 6.07) is 6.75. The number of halogens is 4. The number of alkyl halides is 3. The van der Waals surface area contributed by atoms with Crippen molar-refractivity contribution in [3.05, 3.63) is 35.6 Å². The van der Waals surface area contributed by atoms with Gasteiger partial charge in [0.05, 0.1) is 0 Å². The van der Waals surface area contributed by atoms with Crippen molar-refractivity contribution in [2.24, 2.45) is 5.92 Å². The van der Waals surface area contributed by atoms with Crippen LogP contribution in [0.25, 0.3) is 0 Å². The summed E-state index contributed by atoms with van der Waals surface area (Å²) < 4.78 is 50.3. The fourth-order valence-corrected chi connectivity index (χ4v) is 4.57. The second kappa shape index (κ2) is 9.95. The fraction of sp³-hybridized carbons (Fsp3) is 0.619. The minimum Gasteiger partial charge on any atom is -0.475 e. The van der Waals surface area contributed by atoms with Crippen molar-refractivity contribution < 1.29 is 37.0 Å². The Kier molecular flexibility index (Phi) is 7.53. The first-order valence-electron chi connectivity index (χ1n) is 10.3. The first-order chi connectivity index (χ1) is 14.7. The second-order valence-corrected chi connectivity index (χ2v) is 8.07. The van der Waals surface area contributed by atoms with E-state index in [4.69, 9.17) is 14.6 Å². The molecule has 3 heterocycles. The third kappa shape index (κ3) is 5.94. The van der Waals surface area contributed by atoms with Crippen molar-refractivity contribution in [2.75, 3.05) is 32.8 Å². The fourth-order valence-electron chi connectivity index (χ4n) is 4.57. The Hall–Kier alpha value is -2.20. The molecule has 0 saturated carbocycles. The maximum absolute atomic E-state index is 13.1. The first kappa shape index (κ1) is 23.5. The highest BCUT2D eigenvalue weighted by Gasteiger charge is 2.44. The van der Waals surface area contributed by atoms with Gasteiger partial charge in [-0.2, -0.15) is 13.2 Å². The van der Waals surface area contributed by atoms with Gasteiger partial charge in [0, 0.05) is 50.5 Å². The predicted molar refractivity (Wildman–Crippen MR) is 103 cm³/mol. The Morgan fingerprint density at radius 3 is 2.16 bits per heavy atom. The number of rotatable bonds is 3. The highest BCUT2D eigenvalue weighted by Crippen LogP contribution is 2.34. The molecule has 0 unspecified atom stereocenters. The number of benzene rings is 1. The van der Waals surface area contributed by atoms with Crippen molar-refractivity contribution >= 4 is 11.9 Å². The molecular formula is C21H26F4N2O4. The average Bonchev–Trinajstić information content (AvgIpc) is 3.32. The molecule has 3 aliphatic heterocycles. The van der Waals surface area contributed by atoms with Crippen LogP contribution in [0.1, 0.15) is 36.0 Å². The van der Waals surface area contributed by atoms with Crippen LogP contribution in [0.4, 0.5) is 17.6 Å². The Morgan fingerprint density at radius 1 is 1.00 bits per heavy atom. The lowest BCUT2D eigenvalue weighted by Gasteiger charge is -2.30. The highest BCUT2D eigenvalue weighted by molar-refractivity contribution is 5.94. The Bertz CT molecular complexity index is 766. The van der Waals surface area contributed by atoms with Crippen LogP contribution in [0, 0.1) is 11.7 Å². The van der Waals surface area contributed by atoms with Crippen molar-refractivity contribution in [1.82, 2.24) is 9.80 Å². The maximum atomic E-state index is 13.1. The number of hydrogen-bond acceptors (Lipinski definition) is 4. The summed E-state index contributed by atoms with van der Waals surface area (Å²) in [7, 11) is 0. The number of carbonyl (C=O) groups is 2. The maximum Gasteiger partial charge on any atom is 0.490 e.